The number of carbonyl (C=O) groups excluding carboxylic acids is 2. The van der Waals surface area contributed by atoms with Gasteiger partial charge >= 0.3 is 0 Å². The number of likely N-dealkylation sites (tertiary alicyclic amines) is 1. The first kappa shape index (κ1) is 20.3. The van der Waals surface area contributed by atoms with Crippen LogP contribution in [0.3, 0.4) is 0 Å². The van der Waals surface area contributed by atoms with E-state index < -0.39 is 11.6 Å². The molecule has 1 aliphatic heterocycles. The summed E-state index contributed by atoms with van der Waals surface area (Å²) in [6.45, 7) is 1.18. The Labute approximate surface area is 183 Å². The minimum absolute atomic E-state index is 0.0837. The monoisotopic (exact) mass is 418 g/mol. The molecule has 2 aromatic carbocycles. The van der Waals surface area contributed by atoms with Gasteiger partial charge in [0.1, 0.15) is 6.04 Å². The first-order chi connectivity index (χ1) is 15.1. The van der Waals surface area contributed by atoms with E-state index in [0.29, 0.717) is 36.6 Å². The molecule has 5 rings (SSSR count). The Kier molecular flexibility index (Phi) is 5.30. The lowest BCUT2D eigenvalue weighted by atomic mass is 9.89. The fourth-order valence-electron chi connectivity index (χ4n) is 5.69. The lowest BCUT2D eigenvalue weighted by Crippen LogP contribution is -2.53. The molecule has 1 atom stereocenters. The summed E-state index contributed by atoms with van der Waals surface area (Å²) in [6.07, 6.45) is 7.51. The van der Waals surface area contributed by atoms with Gasteiger partial charge in [-0.15, -0.1) is 0 Å². The molecule has 2 N–H and O–H groups in total. The van der Waals surface area contributed by atoms with Gasteiger partial charge in [0.05, 0.1) is 0 Å². The molecule has 0 bridgehead atoms. The number of hydrogen-bond donors (Lipinski definition) is 2. The third-order valence-corrected chi connectivity index (χ3v) is 7.34. The van der Waals surface area contributed by atoms with Crippen LogP contribution in [-0.4, -0.2) is 41.0 Å². The summed E-state index contributed by atoms with van der Waals surface area (Å²) in [5.41, 5.74) is 1.22. The Balaban J connectivity index is 1.39. The smallest absolute Gasteiger partial charge is 0.264 e. The van der Waals surface area contributed by atoms with Gasteiger partial charge < -0.3 is 15.3 Å². The SMILES string of the molecule is O=C(NCC1CCCCC1)C1CCCN1C(=O)C1(O)c2ccccc2-c2ccccc21. The third kappa shape index (κ3) is 3.35. The normalized spacial score (nSPS) is 22.1. The standard InChI is InChI=1S/C26H30N2O3/c29-24(27-17-18-9-2-1-3-10-18)23-15-8-16-28(23)25(30)26(31)21-13-6-4-11-19(21)20-12-5-7-14-22(20)26/h4-7,11-14,18,23,31H,1-3,8-10,15-17H2,(H,27,29). The number of amides is 2. The molecule has 1 unspecified atom stereocenters. The molecule has 1 heterocycles. The molecule has 2 amide bonds. The molecule has 2 aliphatic carbocycles. The van der Waals surface area contributed by atoms with Crippen LogP contribution >= 0.6 is 0 Å². The molecule has 3 aliphatic rings. The Hall–Kier alpha value is -2.66. The van der Waals surface area contributed by atoms with E-state index in [2.05, 4.69) is 5.32 Å². The van der Waals surface area contributed by atoms with E-state index in [0.717, 1.165) is 17.5 Å². The number of aliphatic hydroxyl groups is 1. The predicted molar refractivity (Wildman–Crippen MR) is 119 cm³/mol. The molecule has 5 nitrogen and oxygen atoms in total. The van der Waals surface area contributed by atoms with E-state index in [1.165, 1.54) is 32.1 Å². The fraction of sp³-hybridized carbons (Fsp3) is 0.462. The Bertz CT molecular complexity index is 950. The number of rotatable bonds is 4. The van der Waals surface area contributed by atoms with Crippen molar-refractivity contribution in [2.24, 2.45) is 5.92 Å². The van der Waals surface area contributed by atoms with E-state index in [4.69, 9.17) is 0 Å². The molecule has 5 heteroatoms. The number of fused-ring (bicyclic) bond motifs is 3. The minimum atomic E-state index is -1.75. The molecule has 2 fully saturated rings. The van der Waals surface area contributed by atoms with Crippen LogP contribution in [-0.2, 0) is 15.2 Å². The van der Waals surface area contributed by atoms with Crippen molar-refractivity contribution in [3.05, 3.63) is 59.7 Å². The summed E-state index contributed by atoms with van der Waals surface area (Å²) in [6, 6.07) is 14.5. The van der Waals surface area contributed by atoms with E-state index in [9.17, 15) is 14.7 Å². The van der Waals surface area contributed by atoms with Crippen molar-refractivity contribution in [2.45, 2.75) is 56.6 Å². The number of benzene rings is 2. The van der Waals surface area contributed by atoms with Crippen LogP contribution in [0.15, 0.2) is 48.5 Å². The molecule has 0 spiro atoms. The molecule has 1 saturated carbocycles. The zero-order valence-electron chi connectivity index (χ0n) is 17.8. The highest BCUT2D eigenvalue weighted by Gasteiger charge is 2.52. The highest BCUT2D eigenvalue weighted by Crippen LogP contribution is 2.48. The van der Waals surface area contributed by atoms with Crippen molar-refractivity contribution in [2.75, 3.05) is 13.1 Å². The average molecular weight is 419 g/mol. The van der Waals surface area contributed by atoms with Gasteiger partial charge in [0.2, 0.25) is 5.91 Å². The van der Waals surface area contributed by atoms with Gasteiger partial charge in [-0.1, -0.05) is 67.8 Å². The molecule has 0 aromatic heterocycles. The highest BCUT2D eigenvalue weighted by atomic mass is 16.3. The fourth-order valence-corrected chi connectivity index (χ4v) is 5.69. The predicted octanol–water partition coefficient (Wildman–Crippen LogP) is 3.59. The average Bonchev–Trinajstić information content (AvgIpc) is 3.41. The van der Waals surface area contributed by atoms with Gasteiger partial charge in [-0.05, 0) is 42.7 Å². The van der Waals surface area contributed by atoms with E-state index in [1.807, 2.05) is 48.5 Å². The van der Waals surface area contributed by atoms with Crippen molar-refractivity contribution in [1.29, 1.82) is 0 Å². The van der Waals surface area contributed by atoms with Gasteiger partial charge in [-0.3, -0.25) is 9.59 Å². The quantitative estimate of drug-likeness (QED) is 0.797. The molecular weight excluding hydrogens is 388 g/mol. The lowest BCUT2D eigenvalue weighted by Gasteiger charge is -2.33. The summed E-state index contributed by atoms with van der Waals surface area (Å²) in [5.74, 6) is 0.0702. The molecule has 2 aromatic rings. The topological polar surface area (TPSA) is 69.6 Å². The molecule has 31 heavy (non-hydrogen) atoms. The highest BCUT2D eigenvalue weighted by molar-refractivity contribution is 6.00. The van der Waals surface area contributed by atoms with Gasteiger partial charge in [0.15, 0.2) is 5.60 Å². The zero-order valence-corrected chi connectivity index (χ0v) is 17.8. The Morgan fingerprint density at radius 1 is 0.903 bits per heavy atom. The summed E-state index contributed by atoms with van der Waals surface area (Å²) < 4.78 is 0. The lowest BCUT2D eigenvalue weighted by molar-refractivity contribution is -0.151. The van der Waals surface area contributed by atoms with Gasteiger partial charge in [-0.2, -0.15) is 0 Å². The van der Waals surface area contributed by atoms with E-state index in [1.54, 1.807) is 4.90 Å². The zero-order chi connectivity index (χ0) is 21.4. The second-order valence-electron chi connectivity index (χ2n) is 9.21. The van der Waals surface area contributed by atoms with E-state index >= 15 is 0 Å². The van der Waals surface area contributed by atoms with Crippen LogP contribution in [0.2, 0.25) is 0 Å². The van der Waals surface area contributed by atoms with E-state index in [-0.39, 0.29) is 11.8 Å². The second-order valence-corrected chi connectivity index (χ2v) is 9.21. The minimum Gasteiger partial charge on any atom is -0.372 e. The van der Waals surface area contributed by atoms with Gasteiger partial charge in [-0.25, -0.2) is 0 Å². The van der Waals surface area contributed by atoms with Gasteiger partial charge in [0.25, 0.3) is 5.91 Å². The summed E-state index contributed by atoms with van der Waals surface area (Å²) in [4.78, 5) is 28.4. The molecule has 162 valence electrons. The maximum atomic E-state index is 13.8. The molecule has 1 saturated heterocycles. The van der Waals surface area contributed by atoms with Crippen molar-refractivity contribution in [1.82, 2.24) is 10.2 Å². The van der Waals surface area contributed by atoms with Crippen molar-refractivity contribution < 1.29 is 14.7 Å². The van der Waals surface area contributed by atoms with Gasteiger partial charge in [0, 0.05) is 24.2 Å². The van der Waals surface area contributed by atoms with Crippen LogP contribution in [0.4, 0.5) is 0 Å². The molecular formula is C26H30N2O3. The largest absolute Gasteiger partial charge is 0.372 e. The summed E-state index contributed by atoms with van der Waals surface area (Å²) >= 11 is 0. The third-order valence-electron chi connectivity index (χ3n) is 7.34. The Morgan fingerprint density at radius 3 is 2.16 bits per heavy atom. The van der Waals surface area contributed by atoms with Crippen molar-refractivity contribution in [3.63, 3.8) is 0 Å². The van der Waals surface area contributed by atoms with Crippen LogP contribution in [0.1, 0.15) is 56.1 Å². The maximum absolute atomic E-state index is 13.8. The van der Waals surface area contributed by atoms with Crippen LogP contribution in [0.5, 0.6) is 0 Å². The molecule has 0 radical (unpaired) electrons. The van der Waals surface area contributed by atoms with Crippen molar-refractivity contribution >= 4 is 11.8 Å². The second kappa shape index (κ2) is 8.12. The number of nitrogens with one attached hydrogen (secondary N) is 1. The van der Waals surface area contributed by atoms with Crippen LogP contribution < -0.4 is 5.32 Å². The number of hydrogen-bond acceptors (Lipinski definition) is 3. The first-order valence-electron chi connectivity index (χ1n) is 11.6. The Morgan fingerprint density at radius 2 is 1.52 bits per heavy atom. The van der Waals surface area contributed by atoms with Crippen LogP contribution in [0.25, 0.3) is 11.1 Å². The van der Waals surface area contributed by atoms with Crippen LogP contribution in [0, 0.1) is 5.92 Å². The van der Waals surface area contributed by atoms with Crippen molar-refractivity contribution in [3.8, 4) is 11.1 Å². The summed E-state index contributed by atoms with van der Waals surface area (Å²) in [7, 11) is 0. The number of carbonyl (C=O) groups is 2. The first-order valence-corrected chi connectivity index (χ1v) is 11.6. The maximum Gasteiger partial charge on any atom is 0.264 e. The number of nitrogens with zero attached hydrogens (tertiary/aromatic N) is 1. The summed E-state index contributed by atoms with van der Waals surface area (Å²) in [5, 5.41) is 14.9.